The maximum atomic E-state index is 12.5. The number of amides is 1. The van der Waals surface area contributed by atoms with Gasteiger partial charge in [-0.25, -0.2) is 4.98 Å². The summed E-state index contributed by atoms with van der Waals surface area (Å²) in [5.74, 6) is 2.11. The van der Waals surface area contributed by atoms with Gasteiger partial charge in [-0.3, -0.25) is 4.79 Å². The minimum Gasteiger partial charge on any atom is -0.356 e. The van der Waals surface area contributed by atoms with Crippen LogP contribution in [0.15, 0.2) is 48.9 Å². The standard InChI is InChI=1S/C23H28N6O/c1-16(2)29-15-25-27-22(29)19-5-4-12-28(14-19)21-11-8-18(13-24-21)23(30)26-20-9-6-17(3)7-10-20/h6-11,13,15-16,19H,4-5,12,14H2,1-3H3,(H,26,30). The summed E-state index contributed by atoms with van der Waals surface area (Å²) >= 11 is 0. The zero-order valence-corrected chi connectivity index (χ0v) is 17.7. The molecule has 0 saturated carbocycles. The van der Waals surface area contributed by atoms with Crippen molar-refractivity contribution in [3.8, 4) is 0 Å². The van der Waals surface area contributed by atoms with Crippen LogP contribution in [0.4, 0.5) is 11.5 Å². The minimum absolute atomic E-state index is 0.153. The van der Waals surface area contributed by atoms with Gasteiger partial charge in [-0.15, -0.1) is 10.2 Å². The SMILES string of the molecule is Cc1ccc(NC(=O)c2ccc(N3CCCC(c4nncn4C(C)C)C3)nc2)cc1. The number of pyridine rings is 1. The van der Waals surface area contributed by atoms with E-state index in [1.807, 2.05) is 49.6 Å². The average molecular weight is 405 g/mol. The van der Waals surface area contributed by atoms with Crippen LogP contribution in [0.3, 0.4) is 0 Å². The Morgan fingerprint density at radius 1 is 1.17 bits per heavy atom. The van der Waals surface area contributed by atoms with Gasteiger partial charge in [0.25, 0.3) is 5.91 Å². The molecule has 1 amide bonds. The summed E-state index contributed by atoms with van der Waals surface area (Å²) in [6, 6.07) is 11.9. The zero-order chi connectivity index (χ0) is 21.1. The topological polar surface area (TPSA) is 75.9 Å². The molecule has 0 radical (unpaired) electrons. The first-order valence-corrected chi connectivity index (χ1v) is 10.5. The lowest BCUT2D eigenvalue weighted by molar-refractivity contribution is 0.102. The fourth-order valence-corrected chi connectivity index (χ4v) is 3.89. The first kappa shape index (κ1) is 20.1. The fraction of sp³-hybridized carbons (Fsp3) is 0.391. The van der Waals surface area contributed by atoms with Crippen molar-refractivity contribution >= 4 is 17.4 Å². The number of hydrogen-bond donors (Lipinski definition) is 1. The third kappa shape index (κ3) is 4.35. The Kier molecular flexibility index (Phi) is 5.79. The Morgan fingerprint density at radius 3 is 2.67 bits per heavy atom. The van der Waals surface area contributed by atoms with Crippen molar-refractivity contribution in [1.29, 1.82) is 0 Å². The van der Waals surface area contributed by atoms with Crippen LogP contribution < -0.4 is 10.2 Å². The minimum atomic E-state index is -0.153. The average Bonchev–Trinajstić information content (AvgIpc) is 3.26. The number of nitrogens with one attached hydrogen (secondary N) is 1. The molecule has 1 fully saturated rings. The van der Waals surface area contributed by atoms with Crippen molar-refractivity contribution in [2.75, 3.05) is 23.3 Å². The molecule has 7 heteroatoms. The number of carbonyl (C=O) groups is 1. The molecule has 30 heavy (non-hydrogen) atoms. The van der Waals surface area contributed by atoms with Crippen LogP contribution in [0.25, 0.3) is 0 Å². The van der Waals surface area contributed by atoms with Gasteiger partial charge in [0.1, 0.15) is 18.0 Å². The number of piperidine rings is 1. The third-order valence-electron chi connectivity index (χ3n) is 5.59. The molecular weight excluding hydrogens is 376 g/mol. The van der Waals surface area contributed by atoms with Crippen molar-refractivity contribution in [3.05, 3.63) is 65.9 Å². The summed E-state index contributed by atoms with van der Waals surface area (Å²) in [6.45, 7) is 8.12. The molecule has 1 aromatic carbocycles. The molecular formula is C23H28N6O. The highest BCUT2D eigenvalue weighted by Gasteiger charge is 2.26. The Bertz CT molecular complexity index is 993. The molecule has 1 N–H and O–H groups in total. The second-order valence-electron chi connectivity index (χ2n) is 8.20. The van der Waals surface area contributed by atoms with E-state index in [4.69, 9.17) is 0 Å². The number of aromatic nitrogens is 4. The predicted molar refractivity (Wildman–Crippen MR) is 118 cm³/mol. The number of hydrogen-bond acceptors (Lipinski definition) is 5. The molecule has 1 aliphatic rings. The second-order valence-corrected chi connectivity index (χ2v) is 8.20. The molecule has 1 unspecified atom stereocenters. The second kappa shape index (κ2) is 8.65. The van der Waals surface area contributed by atoms with Gasteiger partial charge in [-0.05, 0) is 57.9 Å². The lowest BCUT2D eigenvalue weighted by Crippen LogP contribution is -2.36. The molecule has 3 aromatic rings. The van der Waals surface area contributed by atoms with Crippen molar-refractivity contribution < 1.29 is 4.79 Å². The van der Waals surface area contributed by atoms with Crippen LogP contribution in [-0.2, 0) is 0 Å². The Morgan fingerprint density at radius 2 is 1.97 bits per heavy atom. The smallest absolute Gasteiger partial charge is 0.257 e. The summed E-state index contributed by atoms with van der Waals surface area (Å²) in [5, 5.41) is 11.4. The van der Waals surface area contributed by atoms with Crippen molar-refractivity contribution in [2.24, 2.45) is 0 Å². The molecule has 4 rings (SSSR count). The molecule has 156 valence electrons. The van der Waals surface area contributed by atoms with Crippen LogP contribution in [0.5, 0.6) is 0 Å². The fourth-order valence-electron chi connectivity index (χ4n) is 3.89. The molecule has 1 aliphatic heterocycles. The number of rotatable bonds is 5. The van der Waals surface area contributed by atoms with E-state index in [1.165, 1.54) is 0 Å². The summed E-state index contributed by atoms with van der Waals surface area (Å²) in [7, 11) is 0. The van der Waals surface area contributed by atoms with Gasteiger partial charge in [0.2, 0.25) is 0 Å². The highest BCUT2D eigenvalue weighted by atomic mass is 16.1. The monoisotopic (exact) mass is 404 g/mol. The van der Waals surface area contributed by atoms with Crippen LogP contribution in [0, 0.1) is 6.92 Å². The van der Waals surface area contributed by atoms with E-state index in [0.29, 0.717) is 17.5 Å². The van der Waals surface area contributed by atoms with E-state index in [-0.39, 0.29) is 5.91 Å². The Labute approximate surface area is 177 Å². The van der Waals surface area contributed by atoms with Crippen molar-refractivity contribution in [2.45, 2.75) is 45.6 Å². The molecule has 2 aromatic heterocycles. The zero-order valence-electron chi connectivity index (χ0n) is 17.7. The van der Waals surface area contributed by atoms with Gasteiger partial charge in [0.15, 0.2) is 0 Å². The number of aryl methyl sites for hydroxylation is 1. The Hall–Kier alpha value is -3.22. The van der Waals surface area contributed by atoms with Crippen LogP contribution >= 0.6 is 0 Å². The lowest BCUT2D eigenvalue weighted by Gasteiger charge is -2.33. The van der Waals surface area contributed by atoms with Gasteiger partial charge >= 0.3 is 0 Å². The number of carbonyl (C=O) groups excluding carboxylic acids is 1. The summed E-state index contributed by atoms with van der Waals surface area (Å²) in [6.07, 6.45) is 5.64. The third-order valence-corrected chi connectivity index (χ3v) is 5.59. The Balaban J connectivity index is 1.43. The van der Waals surface area contributed by atoms with E-state index < -0.39 is 0 Å². The number of nitrogens with zero attached hydrogens (tertiary/aromatic N) is 5. The molecule has 0 bridgehead atoms. The van der Waals surface area contributed by atoms with Crippen molar-refractivity contribution in [1.82, 2.24) is 19.7 Å². The van der Waals surface area contributed by atoms with Crippen LogP contribution in [0.1, 0.15) is 60.4 Å². The lowest BCUT2D eigenvalue weighted by atomic mass is 9.97. The predicted octanol–water partition coefficient (Wildman–Crippen LogP) is 4.20. The summed E-state index contributed by atoms with van der Waals surface area (Å²) < 4.78 is 2.15. The van der Waals surface area contributed by atoms with Crippen molar-refractivity contribution in [3.63, 3.8) is 0 Å². The van der Waals surface area contributed by atoms with Crippen LogP contribution in [0.2, 0.25) is 0 Å². The molecule has 1 atom stereocenters. The molecule has 0 spiro atoms. The maximum absolute atomic E-state index is 12.5. The molecule has 3 heterocycles. The molecule has 1 saturated heterocycles. The quantitative estimate of drug-likeness (QED) is 0.690. The van der Waals surface area contributed by atoms with E-state index in [1.54, 1.807) is 6.20 Å². The summed E-state index contributed by atoms with van der Waals surface area (Å²) in [4.78, 5) is 19.4. The van der Waals surface area contributed by atoms with Gasteiger partial charge in [0, 0.05) is 36.9 Å². The van der Waals surface area contributed by atoms with Crippen LogP contribution in [-0.4, -0.2) is 38.7 Å². The molecule has 7 nitrogen and oxygen atoms in total. The summed E-state index contributed by atoms with van der Waals surface area (Å²) in [5.41, 5.74) is 2.49. The van der Waals surface area contributed by atoms with Gasteiger partial charge in [-0.2, -0.15) is 0 Å². The maximum Gasteiger partial charge on any atom is 0.257 e. The van der Waals surface area contributed by atoms with E-state index in [9.17, 15) is 4.79 Å². The highest BCUT2D eigenvalue weighted by molar-refractivity contribution is 6.04. The first-order chi connectivity index (χ1) is 14.5. The van der Waals surface area contributed by atoms with E-state index in [2.05, 4.69) is 43.8 Å². The van der Waals surface area contributed by atoms with Gasteiger partial charge < -0.3 is 14.8 Å². The first-order valence-electron chi connectivity index (χ1n) is 10.5. The van der Waals surface area contributed by atoms with Gasteiger partial charge in [0.05, 0.1) is 5.56 Å². The normalized spacial score (nSPS) is 16.7. The molecule has 0 aliphatic carbocycles. The van der Waals surface area contributed by atoms with E-state index >= 15 is 0 Å². The largest absolute Gasteiger partial charge is 0.356 e. The highest BCUT2D eigenvalue weighted by Crippen LogP contribution is 2.29. The van der Waals surface area contributed by atoms with E-state index in [0.717, 1.165) is 48.8 Å². The van der Waals surface area contributed by atoms with Gasteiger partial charge in [-0.1, -0.05) is 17.7 Å². The number of anilines is 2. The number of benzene rings is 1.